The predicted octanol–water partition coefficient (Wildman–Crippen LogP) is 4.50. The summed E-state index contributed by atoms with van der Waals surface area (Å²) in [6, 6.07) is 11.2. The monoisotopic (exact) mass is 498 g/mol. The first-order valence-electron chi connectivity index (χ1n) is 11.2. The molecule has 2 aromatic carbocycles. The van der Waals surface area contributed by atoms with Gasteiger partial charge in [0.2, 0.25) is 0 Å². The zero-order valence-corrected chi connectivity index (χ0v) is 20.4. The Morgan fingerprint density at radius 1 is 1.09 bits per heavy atom. The summed E-state index contributed by atoms with van der Waals surface area (Å²) in [6.45, 7) is 5.09. The molecule has 5 rings (SSSR count). The topological polar surface area (TPSA) is 71.1 Å². The van der Waals surface area contributed by atoms with Crippen LogP contribution in [0.5, 0.6) is 0 Å². The van der Waals surface area contributed by atoms with Gasteiger partial charge in [0, 0.05) is 13.2 Å². The van der Waals surface area contributed by atoms with Crippen LogP contribution in [-0.4, -0.2) is 31.4 Å². The molecule has 1 aliphatic heterocycles. The maximum atomic E-state index is 13.7. The van der Waals surface area contributed by atoms with E-state index in [4.69, 9.17) is 27.9 Å². The van der Waals surface area contributed by atoms with Crippen molar-refractivity contribution in [3.63, 3.8) is 0 Å². The second kappa shape index (κ2) is 9.06. The summed E-state index contributed by atoms with van der Waals surface area (Å²) in [6.07, 6.45) is 3.16. The second-order valence-electron chi connectivity index (χ2n) is 8.70. The molecule has 0 N–H and O–H groups in total. The van der Waals surface area contributed by atoms with E-state index in [1.54, 1.807) is 27.6 Å². The summed E-state index contributed by atoms with van der Waals surface area (Å²) < 4.78 is 10.3. The van der Waals surface area contributed by atoms with Crippen LogP contribution in [0.1, 0.15) is 29.5 Å². The molecular formula is C25H24Cl2N4O3. The predicted molar refractivity (Wildman–Crippen MR) is 134 cm³/mol. The van der Waals surface area contributed by atoms with Crippen LogP contribution in [-0.2, 0) is 17.8 Å². The van der Waals surface area contributed by atoms with Gasteiger partial charge >= 0.3 is 5.69 Å². The van der Waals surface area contributed by atoms with Crippen LogP contribution in [0.4, 0.5) is 0 Å². The Bertz CT molecular complexity index is 1490. The number of rotatable bonds is 5. The highest BCUT2D eigenvalue weighted by molar-refractivity contribution is 6.42. The fourth-order valence-corrected chi connectivity index (χ4v) is 4.97. The smallest absolute Gasteiger partial charge is 0.337 e. The van der Waals surface area contributed by atoms with Crippen LogP contribution < -0.4 is 11.2 Å². The molecule has 7 nitrogen and oxygen atoms in total. The summed E-state index contributed by atoms with van der Waals surface area (Å²) in [5.41, 5.74) is 3.33. The first-order valence-corrected chi connectivity index (χ1v) is 11.9. The second-order valence-corrected chi connectivity index (χ2v) is 9.52. The van der Waals surface area contributed by atoms with Crippen molar-refractivity contribution in [1.82, 2.24) is 18.7 Å². The molecule has 1 unspecified atom stereocenters. The van der Waals surface area contributed by atoms with Crippen LogP contribution in [0.3, 0.4) is 0 Å². The van der Waals surface area contributed by atoms with E-state index >= 15 is 0 Å². The number of halogens is 2. The summed E-state index contributed by atoms with van der Waals surface area (Å²) in [7, 11) is 0. The summed E-state index contributed by atoms with van der Waals surface area (Å²) >= 11 is 12.3. The van der Waals surface area contributed by atoms with E-state index < -0.39 is 5.69 Å². The van der Waals surface area contributed by atoms with Crippen molar-refractivity contribution in [2.24, 2.45) is 0 Å². The van der Waals surface area contributed by atoms with Crippen molar-refractivity contribution in [3.8, 4) is 5.69 Å². The lowest BCUT2D eigenvalue weighted by Crippen LogP contribution is -2.42. The molecule has 4 aromatic rings. The van der Waals surface area contributed by atoms with E-state index in [0.29, 0.717) is 34.4 Å². The number of ether oxygens (including phenoxy) is 1. The minimum absolute atomic E-state index is 0.166. The molecule has 0 radical (unpaired) electrons. The Kier molecular flexibility index (Phi) is 6.10. The summed E-state index contributed by atoms with van der Waals surface area (Å²) in [4.78, 5) is 31.9. The average Bonchev–Trinajstić information content (AvgIpc) is 3.46. The average molecular weight is 499 g/mol. The lowest BCUT2D eigenvalue weighted by molar-refractivity contribution is 0.0950. The van der Waals surface area contributed by atoms with Gasteiger partial charge in [-0.05, 0) is 55.5 Å². The van der Waals surface area contributed by atoms with Gasteiger partial charge in [0.05, 0.1) is 34.7 Å². The number of hydrogen-bond acceptors (Lipinski definition) is 4. The van der Waals surface area contributed by atoms with Crippen molar-refractivity contribution >= 4 is 34.4 Å². The maximum absolute atomic E-state index is 13.7. The van der Waals surface area contributed by atoms with Gasteiger partial charge < -0.3 is 9.30 Å². The largest absolute Gasteiger partial charge is 0.376 e. The van der Waals surface area contributed by atoms with Gasteiger partial charge in [-0.2, -0.15) is 0 Å². The molecular weight excluding hydrogens is 475 g/mol. The Labute approximate surface area is 206 Å². The van der Waals surface area contributed by atoms with Gasteiger partial charge in [-0.15, -0.1) is 0 Å². The Morgan fingerprint density at radius 2 is 1.85 bits per heavy atom. The van der Waals surface area contributed by atoms with E-state index in [-0.39, 0.29) is 18.2 Å². The molecule has 176 valence electrons. The molecule has 0 saturated carbocycles. The number of fused-ring (bicyclic) bond motifs is 1. The van der Waals surface area contributed by atoms with Crippen molar-refractivity contribution in [2.75, 3.05) is 6.61 Å². The highest BCUT2D eigenvalue weighted by atomic mass is 35.5. The molecule has 1 fully saturated rings. The standard InChI is InChI=1S/C25H24Cl2N4O3/c1-15-5-3-6-16(2)21(15)31-23-22(24(32)30(25(31)33)13-18-7-4-10-34-18)29(14-28-23)12-17-8-9-19(26)20(27)11-17/h3,5-6,8-9,11,14,18H,4,7,10,12-13H2,1-2H3. The minimum Gasteiger partial charge on any atom is -0.376 e. The molecule has 1 saturated heterocycles. The summed E-state index contributed by atoms with van der Waals surface area (Å²) in [5, 5.41) is 0.899. The van der Waals surface area contributed by atoms with Crippen molar-refractivity contribution < 1.29 is 4.74 Å². The molecule has 2 aromatic heterocycles. The van der Waals surface area contributed by atoms with Crippen molar-refractivity contribution in [1.29, 1.82) is 0 Å². The number of hydrogen-bond donors (Lipinski definition) is 0. The van der Waals surface area contributed by atoms with Crippen LogP contribution in [0, 0.1) is 13.8 Å². The Morgan fingerprint density at radius 3 is 2.53 bits per heavy atom. The fourth-order valence-electron chi connectivity index (χ4n) is 4.65. The first-order chi connectivity index (χ1) is 16.3. The Balaban J connectivity index is 1.76. The number of imidazole rings is 1. The zero-order chi connectivity index (χ0) is 24.0. The molecule has 0 aliphatic carbocycles. The van der Waals surface area contributed by atoms with E-state index in [0.717, 1.165) is 35.2 Å². The number of benzene rings is 2. The lowest BCUT2D eigenvalue weighted by atomic mass is 10.1. The highest BCUT2D eigenvalue weighted by Gasteiger charge is 2.24. The molecule has 0 amide bonds. The van der Waals surface area contributed by atoms with Gasteiger partial charge in [-0.3, -0.25) is 9.36 Å². The SMILES string of the molecule is Cc1cccc(C)c1-n1c(=O)n(CC2CCCO2)c(=O)c2c1ncn2Cc1ccc(Cl)c(Cl)c1. The van der Waals surface area contributed by atoms with Crippen molar-refractivity contribution in [2.45, 2.75) is 45.9 Å². The highest BCUT2D eigenvalue weighted by Crippen LogP contribution is 2.25. The van der Waals surface area contributed by atoms with Gasteiger partial charge in [-0.1, -0.05) is 47.5 Å². The number of nitrogens with zero attached hydrogens (tertiary/aromatic N) is 4. The first kappa shape index (κ1) is 22.9. The van der Waals surface area contributed by atoms with E-state index in [1.165, 1.54) is 4.57 Å². The van der Waals surface area contributed by atoms with E-state index in [2.05, 4.69) is 4.98 Å². The zero-order valence-electron chi connectivity index (χ0n) is 18.9. The quantitative estimate of drug-likeness (QED) is 0.406. The normalized spacial score (nSPS) is 15.9. The van der Waals surface area contributed by atoms with Gasteiger partial charge in [0.15, 0.2) is 11.2 Å². The van der Waals surface area contributed by atoms with E-state index in [9.17, 15) is 9.59 Å². The molecule has 0 bridgehead atoms. The van der Waals surface area contributed by atoms with Gasteiger partial charge in [0.25, 0.3) is 5.56 Å². The minimum atomic E-state index is -0.412. The van der Waals surface area contributed by atoms with Gasteiger partial charge in [0.1, 0.15) is 0 Å². The molecule has 1 aliphatic rings. The third kappa shape index (κ3) is 3.98. The van der Waals surface area contributed by atoms with Crippen LogP contribution in [0.2, 0.25) is 10.0 Å². The summed E-state index contributed by atoms with van der Waals surface area (Å²) in [5.74, 6) is 0. The Hall–Kier alpha value is -2.87. The third-order valence-electron chi connectivity index (χ3n) is 6.31. The fraction of sp³-hybridized carbons (Fsp3) is 0.320. The molecule has 0 spiro atoms. The van der Waals surface area contributed by atoms with E-state index in [1.807, 2.05) is 38.1 Å². The van der Waals surface area contributed by atoms with Gasteiger partial charge in [-0.25, -0.2) is 14.3 Å². The third-order valence-corrected chi connectivity index (χ3v) is 7.05. The molecule has 1 atom stereocenters. The van der Waals surface area contributed by atoms with Crippen molar-refractivity contribution in [3.05, 3.63) is 90.3 Å². The van der Waals surface area contributed by atoms with Crippen LogP contribution >= 0.6 is 23.2 Å². The number of aryl methyl sites for hydroxylation is 2. The number of para-hydroxylation sites is 1. The van der Waals surface area contributed by atoms with Crippen LogP contribution in [0.25, 0.3) is 16.9 Å². The molecule has 34 heavy (non-hydrogen) atoms. The van der Waals surface area contributed by atoms with Crippen LogP contribution in [0.15, 0.2) is 52.3 Å². The molecule has 9 heteroatoms. The molecule has 3 heterocycles. The maximum Gasteiger partial charge on any atom is 0.337 e. The lowest BCUT2D eigenvalue weighted by Gasteiger charge is -2.17. The number of aromatic nitrogens is 4.